The largest absolute Gasteiger partial charge is 0.481 e. The normalized spacial score (nSPS) is 11.4. The number of carbonyl (C=O) groups is 1. The van der Waals surface area contributed by atoms with E-state index in [1.165, 1.54) is 0 Å². The van der Waals surface area contributed by atoms with Gasteiger partial charge in [0, 0.05) is 12.1 Å². The summed E-state index contributed by atoms with van der Waals surface area (Å²) in [7, 11) is 0. The molecular weight excluding hydrogens is 274 g/mol. The summed E-state index contributed by atoms with van der Waals surface area (Å²) < 4.78 is 6.87. The molecule has 0 bridgehead atoms. The Hall–Kier alpha value is -2.77. The summed E-state index contributed by atoms with van der Waals surface area (Å²) >= 11 is 0. The average molecular weight is 287 g/mol. The molecule has 21 heavy (non-hydrogen) atoms. The smallest absolute Gasteiger partial charge is 0.311 e. The molecule has 0 aliphatic rings. The minimum atomic E-state index is -0.963. The van der Waals surface area contributed by atoms with E-state index in [1.807, 2.05) is 13.8 Å². The number of hydrogen-bond donors (Lipinski definition) is 1. The van der Waals surface area contributed by atoms with E-state index in [2.05, 4.69) is 20.3 Å². The van der Waals surface area contributed by atoms with Crippen molar-refractivity contribution in [1.82, 2.24) is 24.7 Å². The molecule has 0 aliphatic heterocycles. The summed E-state index contributed by atoms with van der Waals surface area (Å²) in [5, 5.41) is 20.7. The zero-order chi connectivity index (χ0) is 15.0. The summed E-state index contributed by atoms with van der Waals surface area (Å²) in [6.07, 6.45) is 1.50. The second-order valence-corrected chi connectivity index (χ2v) is 4.91. The fourth-order valence-electron chi connectivity index (χ4n) is 1.97. The third-order valence-corrected chi connectivity index (χ3v) is 3.00. The van der Waals surface area contributed by atoms with Gasteiger partial charge in [0.1, 0.15) is 12.2 Å². The maximum Gasteiger partial charge on any atom is 0.311 e. The van der Waals surface area contributed by atoms with E-state index in [0.717, 1.165) is 0 Å². The molecule has 0 unspecified atom stereocenters. The molecule has 0 amide bonds. The van der Waals surface area contributed by atoms with Crippen LogP contribution in [0.15, 0.2) is 22.9 Å². The molecule has 0 atom stereocenters. The molecule has 0 aliphatic carbocycles. The first-order valence-corrected chi connectivity index (χ1v) is 6.44. The first-order valence-electron chi connectivity index (χ1n) is 6.44. The van der Waals surface area contributed by atoms with Gasteiger partial charge in [-0.05, 0) is 12.1 Å². The molecule has 3 aromatic rings. The van der Waals surface area contributed by atoms with Gasteiger partial charge in [0.05, 0.1) is 5.56 Å². The van der Waals surface area contributed by atoms with Gasteiger partial charge in [-0.1, -0.05) is 19.0 Å². The average Bonchev–Trinajstić information content (AvgIpc) is 3.05. The van der Waals surface area contributed by atoms with Crippen molar-refractivity contribution >= 4 is 11.6 Å². The van der Waals surface area contributed by atoms with Gasteiger partial charge in [0.25, 0.3) is 5.89 Å². The lowest BCUT2D eigenvalue weighted by molar-refractivity contribution is -0.136. The van der Waals surface area contributed by atoms with Gasteiger partial charge in [-0.3, -0.25) is 9.20 Å². The van der Waals surface area contributed by atoms with E-state index in [9.17, 15) is 4.79 Å². The van der Waals surface area contributed by atoms with Gasteiger partial charge in [-0.15, -0.1) is 10.2 Å². The highest BCUT2D eigenvalue weighted by Gasteiger charge is 2.17. The van der Waals surface area contributed by atoms with Crippen LogP contribution in [0.5, 0.6) is 0 Å². The van der Waals surface area contributed by atoms with E-state index < -0.39 is 5.97 Å². The molecule has 108 valence electrons. The number of nitrogens with zero attached hydrogens (tertiary/aromatic N) is 5. The van der Waals surface area contributed by atoms with Gasteiger partial charge in [-0.2, -0.15) is 4.98 Å². The van der Waals surface area contributed by atoms with E-state index in [4.69, 9.17) is 9.63 Å². The van der Waals surface area contributed by atoms with Crippen molar-refractivity contribution in [3.8, 4) is 11.5 Å². The highest BCUT2D eigenvalue weighted by Crippen LogP contribution is 2.23. The number of pyridine rings is 1. The van der Waals surface area contributed by atoms with Crippen molar-refractivity contribution in [2.75, 3.05) is 0 Å². The minimum Gasteiger partial charge on any atom is -0.481 e. The molecule has 3 aromatic heterocycles. The molecule has 8 nitrogen and oxygen atoms in total. The molecule has 0 saturated heterocycles. The molecule has 0 spiro atoms. The predicted octanol–water partition coefficient (Wildman–Crippen LogP) is 1.53. The molecule has 0 fully saturated rings. The summed E-state index contributed by atoms with van der Waals surface area (Å²) in [5.74, 6) is 0.496. The molecule has 0 aromatic carbocycles. The zero-order valence-corrected chi connectivity index (χ0v) is 11.5. The zero-order valence-electron chi connectivity index (χ0n) is 11.5. The molecule has 1 N–H and O–H groups in total. The van der Waals surface area contributed by atoms with Crippen LogP contribution in [0.1, 0.15) is 31.4 Å². The van der Waals surface area contributed by atoms with Crippen molar-refractivity contribution in [2.24, 2.45) is 0 Å². The Balaban J connectivity index is 2.10. The number of aliphatic carboxylic acids is 1. The van der Waals surface area contributed by atoms with Crippen LogP contribution >= 0.6 is 0 Å². The summed E-state index contributed by atoms with van der Waals surface area (Å²) in [6, 6.07) is 3.54. The number of hydrogen-bond acceptors (Lipinski definition) is 6. The van der Waals surface area contributed by atoms with E-state index >= 15 is 0 Å². The van der Waals surface area contributed by atoms with Gasteiger partial charge in [-0.25, -0.2) is 0 Å². The van der Waals surface area contributed by atoms with Gasteiger partial charge < -0.3 is 9.63 Å². The fraction of sp³-hybridized carbons (Fsp3) is 0.308. The fourth-order valence-corrected chi connectivity index (χ4v) is 1.97. The highest BCUT2D eigenvalue weighted by molar-refractivity contribution is 5.73. The summed E-state index contributed by atoms with van der Waals surface area (Å²) in [6.45, 7) is 3.94. The lowest BCUT2D eigenvalue weighted by atomic mass is 10.2. The quantitative estimate of drug-likeness (QED) is 0.775. The van der Waals surface area contributed by atoms with Crippen LogP contribution in [0.2, 0.25) is 0 Å². The van der Waals surface area contributed by atoms with Crippen LogP contribution < -0.4 is 0 Å². The lowest BCUT2D eigenvalue weighted by Crippen LogP contribution is -2.04. The number of carboxylic acids is 1. The lowest BCUT2D eigenvalue weighted by Gasteiger charge is -1.99. The first-order chi connectivity index (χ1) is 10.1. The molecule has 3 rings (SSSR count). The first kappa shape index (κ1) is 13.2. The number of fused-ring (bicyclic) bond motifs is 1. The Morgan fingerprint density at radius 1 is 1.43 bits per heavy atom. The van der Waals surface area contributed by atoms with Crippen LogP contribution in [-0.2, 0) is 11.2 Å². The van der Waals surface area contributed by atoms with Gasteiger partial charge in [0.2, 0.25) is 0 Å². The minimum absolute atomic E-state index is 0.155. The maximum atomic E-state index is 10.8. The topological polar surface area (TPSA) is 106 Å². The van der Waals surface area contributed by atoms with Gasteiger partial charge in [0.15, 0.2) is 11.5 Å². The maximum absolute atomic E-state index is 10.8. The Morgan fingerprint density at radius 3 is 2.90 bits per heavy atom. The van der Waals surface area contributed by atoms with Crippen molar-refractivity contribution < 1.29 is 14.4 Å². The van der Waals surface area contributed by atoms with Crippen LogP contribution in [0, 0.1) is 0 Å². The SMILES string of the molecule is CC(C)c1noc(-c2cccn3c(CC(=O)O)nnc23)n1. The summed E-state index contributed by atoms with van der Waals surface area (Å²) in [4.78, 5) is 15.1. The monoisotopic (exact) mass is 287 g/mol. The standard InChI is InChI=1S/C13H13N5O3/c1-7(2)11-14-13(21-17-11)8-4-3-5-18-9(6-10(19)20)15-16-12(8)18/h3-5,7H,6H2,1-2H3,(H,19,20). The molecular formula is C13H13N5O3. The van der Waals surface area contributed by atoms with E-state index in [1.54, 1.807) is 22.7 Å². The van der Waals surface area contributed by atoms with Gasteiger partial charge >= 0.3 is 5.97 Å². The molecule has 0 saturated carbocycles. The molecule has 3 heterocycles. The second-order valence-electron chi connectivity index (χ2n) is 4.91. The molecule has 0 radical (unpaired) electrons. The van der Waals surface area contributed by atoms with Crippen molar-refractivity contribution in [1.29, 1.82) is 0 Å². The number of aromatic nitrogens is 5. The van der Waals surface area contributed by atoms with Crippen LogP contribution in [-0.4, -0.2) is 35.8 Å². The third kappa shape index (κ3) is 2.35. The van der Waals surface area contributed by atoms with E-state index in [-0.39, 0.29) is 12.3 Å². The van der Waals surface area contributed by atoms with Crippen molar-refractivity contribution in [3.05, 3.63) is 30.0 Å². The van der Waals surface area contributed by atoms with Crippen LogP contribution in [0.4, 0.5) is 0 Å². The van der Waals surface area contributed by atoms with Crippen molar-refractivity contribution in [2.45, 2.75) is 26.2 Å². The third-order valence-electron chi connectivity index (χ3n) is 3.00. The molecule has 8 heteroatoms. The Kier molecular flexibility index (Phi) is 3.13. The Morgan fingerprint density at radius 2 is 2.24 bits per heavy atom. The number of rotatable bonds is 4. The van der Waals surface area contributed by atoms with Crippen LogP contribution in [0.25, 0.3) is 17.1 Å². The summed E-state index contributed by atoms with van der Waals surface area (Å²) in [5.41, 5.74) is 1.12. The number of carboxylic acid groups (broad SMARTS) is 1. The Labute approximate surface area is 119 Å². The predicted molar refractivity (Wildman–Crippen MR) is 71.7 cm³/mol. The highest BCUT2D eigenvalue weighted by atomic mass is 16.5. The van der Waals surface area contributed by atoms with Crippen molar-refractivity contribution in [3.63, 3.8) is 0 Å². The Bertz CT molecular complexity index is 805. The second kappa shape index (κ2) is 4.97. The van der Waals surface area contributed by atoms with E-state index in [0.29, 0.717) is 28.8 Å². The van der Waals surface area contributed by atoms with Crippen LogP contribution in [0.3, 0.4) is 0 Å².